The van der Waals surface area contributed by atoms with Crippen molar-refractivity contribution in [3.63, 3.8) is 0 Å². The fraction of sp³-hybridized carbons (Fsp3) is 0.500. The minimum Gasteiger partial charge on any atom is -0.485 e. The van der Waals surface area contributed by atoms with Crippen molar-refractivity contribution < 1.29 is 9.84 Å². The Bertz CT molecular complexity index is 508. The van der Waals surface area contributed by atoms with Gasteiger partial charge in [-0.2, -0.15) is 5.26 Å². The molecule has 0 spiro atoms. The third kappa shape index (κ3) is 2.56. The molecule has 19 heavy (non-hydrogen) atoms. The fourth-order valence-corrected chi connectivity index (χ4v) is 2.33. The summed E-state index contributed by atoms with van der Waals surface area (Å²) in [6, 6.07) is 7.06. The zero-order valence-electron chi connectivity index (χ0n) is 11.2. The summed E-state index contributed by atoms with van der Waals surface area (Å²) >= 11 is 0. The number of hydrogen-bond donors (Lipinski definition) is 3. The van der Waals surface area contributed by atoms with Crippen molar-refractivity contribution in [1.29, 1.82) is 5.26 Å². The van der Waals surface area contributed by atoms with E-state index < -0.39 is 11.7 Å². The molecule has 2 rings (SSSR count). The summed E-state index contributed by atoms with van der Waals surface area (Å²) in [7, 11) is 0. The summed E-state index contributed by atoms with van der Waals surface area (Å²) < 4.78 is 5.81. The van der Waals surface area contributed by atoms with Crippen LogP contribution in [0.4, 0.5) is 0 Å². The van der Waals surface area contributed by atoms with Crippen molar-refractivity contribution in [3.8, 4) is 11.8 Å². The Balaban J connectivity index is 2.43. The van der Waals surface area contributed by atoms with E-state index in [1.807, 2.05) is 13.8 Å². The van der Waals surface area contributed by atoms with Crippen LogP contribution in [0.3, 0.4) is 0 Å². The number of nitrogens with one attached hydrogen (secondary N) is 1. The van der Waals surface area contributed by atoms with E-state index in [1.165, 1.54) is 0 Å². The van der Waals surface area contributed by atoms with Crippen molar-refractivity contribution in [1.82, 2.24) is 5.32 Å². The molecule has 1 aromatic rings. The first-order chi connectivity index (χ1) is 8.99. The summed E-state index contributed by atoms with van der Waals surface area (Å²) in [5.41, 5.74) is 6.17. The van der Waals surface area contributed by atoms with Crippen molar-refractivity contribution in [2.75, 3.05) is 13.1 Å². The van der Waals surface area contributed by atoms with Crippen molar-refractivity contribution in [2.24, 2.45) is 5.73 Å². The first-order valence-corrected chi connectivity index (χ1v) is 6.34. The largest absolute Gasteiger partial charge is 0.485 e. The number of nitrogens with two attached hydrogens (primary N) is 1. The van der Waals surface area contributed by atoms with E-state index in [1.54, 1.807) is 18.2 Å². The van der Waals surface area contributed by atoms with Crippen LogP contribution in [0, 0.1) is 11.3 Å². The third-order valence-corrected chi connectivity index (χ3v) is 3.38. The molecule has 1 heterocycles. The lowest BCUT2D eigenvalue weighted by molar-refractivity contribution is -0.0643. The van der Waals surface area contributed by atoms with Gasteiger partial charge in [-0.25, -0.2) is 0 Å². The quantitative estimate of drug-likeness (QED) is 0.744. The number of benzene rings is 1. The SMILES string of the molecule is CC1(C)Oc2ccc(C#N)cc2[C@H](NCCN)[C@H]1O. The number of aliphatic hydroxyl groups excluding tert-OH is 1. The molecule has 0 bridgehead atoms. The summed E-state index contributed by atoms with van der Waals surface area (Å²) in [4.78, 5) is 0. The normalized spacial score (nSPS) is 24.2. The molecule has 0 saturated carbocycles. The molecule has 1 aliphatic heterocycles. The molecule has 5 heteroatoms. The highest BCUT2D eigenvalue weighted by molar-refractivity contribution is 5.46. The molecule has 0 saturated heterocycles. The van der Waals surface area contributed by atoms with E-state index in [2.05, 4.69) is 11.4 Å². The second-order valence-electron chi connectivity index (χ2n) is 5.24. The van der Waals surface area contributed by atoms with Crippen LogP contribution in [0.25, 0.3) is 0 Å². The number of rotatable bonds is 3. The Kier molecular flexibility index (Phi) is 3.76. The van der Waals surface area contributed by atoms with Crippen LogP contribution in [0.2, 0.25) is 0 Å². The summed E-state index contributed by atoms with van der Waals surface area (Å²) in [6.07, 6.45) is -0.708. The van der Waals surface area contributed by atoms with Crippen LogP contribution in [0.15, 0.2) is 18.2 Å². The van der Waals surface area contributed by atoms with Gasteiger partial charge in [-0.15, -0.1) is 0 Å². The topological polar surface area (TPSA) is 91.3 Å². The minimum atomic E-state index is -0.708. The lowest BCUT2D eigenvalue weighted by atomic mass is 9.86. The molecule has 102 valence electrons. The Morgan fingerprint density at radius 1 is 1.53 bits per heavy atom. The lowest BCUT2D eigenvalue weighted by Crippen LogP contribution is -2.53. The Morgan fingerprint density at radius 2 is 2.26 bits per heavy atom. The molecule has 0 fully saturated rings. The van der Waals surface area contributed by atoms with E-state index in [9.17, 15) is 5.11 Å². The molecule has 0 unspecified atom stereocenters. The minimum absolute atomic E-state index is 0.282. The van der Waals surface area contributed by atoms with E-state index in [4.69, 9.17) is 15.7 Å². The number of nitriles is 1. The van der Waals surface area contributed by atoms with Crippen molar-refractivity contribution >= 4 is 0 Å². The maximum absolute atomic E-state index is 10.4. The highest BCUT2D eigenvalue weighted by Gasteiger charge is 2.42. The fourth-order valence-electron chi connectivity index (χ4n) is 2.33. The van der Waals surface area contributed by atoms with Crippen LogP contribution in [0.1, 0.15) is 31.0 Å². The van der Waals surface area contributed by atoms with Gasteiger partial charge in [0.1, 0.15) is 17.5 Å². The molecule has 0 amide bonds. The maximum Gasteiger partial charge on any atom is 0.131 e. The highest BCUT2D eigenvalue weighted by Crippen LogP contribution is 2.40. The van der Waals surface area contributed by atoms with Gasteiger partial charge in [0.25, 0.3) is 0 Å². The Morgan fingerprint density at radius 3 is 2.89 bits per heavy atom. The molecule has 0 radical (unpaired) electrons. The zero-order valence-corrected chi connectivity index (χ0v) is 11.2. The Labute approximate surface area is 113 Å². The number of nitrogens with zero attached hydrogens (tertiary/aromatic N) is 1. The van der Waals surface area contributed by atoms with E-state index >= 15 is 0 Å². The Hall–Kier alpha value is -1.61. The van der Waals surface area contributed by atoms with Gasteiger partial charge in [0, 0.05) is 18.7 Å². The van der Waals surface area contributed by atoms with Crippen LogP contribution in [0.5, 0.6) is 5.75 Å². The van der Waals surface area contributed by atoms with Gasteiger partial charge in [-0.1, -0.05) is 0 Å². The predicted molar refractivity (Wildman–Crippen MR) is 71.7 cm³/mol. The van der Waals surface area contributed by atoms with Crippen LogP contribution in [-0.4, -0.2) is 29.9 Å². The molecule has 5 nitrogen and oxygen atoms in total. The van der Waals surface area contributed by atoms with E-state index in [0.29, 0.717) is 24.4 Å². The molecule has 1 aliphatic rings. The van der Waals surface area contributed by atoms with Crippen LogP contribution in [-0.2, 0) is 0 Å². The highest BCUT2D eigenvalue weighted by atomic mass is 16.5. The second kappa shape index (κ2) is 5.17. The van der Waals surface area contributed by atoms with Crippen LogP contribution < -0.4 is 15.8 Å². The standard InChI is InChI=1S/C14H19N3O2/c1-14(2)13(18)12(17-6-5-15)10-7-9(8-16)3-4-11(10)19-14/h3-4,7,12-13,17-18H,5-6,15H2,1-2H3/t12-,13+/m0/s1. The first-order valence-electron chi connectivity index (χ1n) is 6.34. The molecule has 0 aliphatic carbocycles. The van der Waals surface area contributed by atoms with Gasteiger partial charge in [0.05, 0.1) is 17.7 Å². The third-order valence-electron chi connectivity index (χ3n) is 3.38. The number of hydrogen-bond acceptors (Lipinski definition) is 5. The predicted octanol–water partition coefficient (Wildman–Crippen LogP) is 0.680. The van der Waals surface area contributed by atoms with Crippen molar-refractivity contribution in [2.45, 2.75) is 31.6 Å². The van der Waals surface area contributed by atoms with Crippen molar-refractivity contribution in [3.05, 3.63) is 29.3 Å². The number of fused-ring (bicyclic) bond motifs is 1. The lowest BCUT2D eigenvalue weighted by Gasteiger charge is -2.42. The van der Waals surface area contributed by atoms with Crippen LogP contribution >= 0.6 is 0 Å². The van der Waals surface area contributed by atoms with E-state index in [0.717, 1.165) is 5.56 Å². The van der Waals surface area contributed by atoms with Gasteiger partial charge < -0.3 is 20.9 Å². The van der Waals surface area contributed by atoms with Gasteiger partial charge in [-0.3, -0.25) is 0 Å². The molecular formula is C14H19N3O2. The number of ether oxygens (including phenoxy) is 1. The van der Waals surface area contributed by atoms with E-state index in [-0.39, 0.29) is 6.04 Å². The molecule has 2 atom stereocenters. The molecule has 0 aromatic heterocycles. The first kappa shape index (κ1) is 13.8. The van der Waals surface area contributed by atoms with Gasteiger partial charge >= 0.3 is 0 Å². The molecule has 4 N–H and O–H groups in total. The molecular weight excluding hydrogens is 242 g/mol. The molecule has 1 aromatic carbocycles. The average molecular weight is 261 g/mol. The summed E-state index contributed by atoms with van der Waals surface area (Å²) in [6.45, 7) is 4.76. The van der Waals surface area contributed by atoms with Gasteiger partial charge in [0.2, 0.25) is 0 Å². The van der Waals surface area contributed by atoms with Gasteiger partial charge in [-0.05, 0) is 32.0 Å². The average Bonchev–Trinajstić information content (AvgIpc) is 2.39. The second-order valence-corrected chi connectivity index (χ2v) is 5.24. The van der Waals surface area contributed by atoms with Gasteiger partial charge in [0.15, 0.2) is 0 Å². The number of aliphatic hydroxyl groups is 1. The zero-order chi connectivity index (χ0) is 14.0. The maximum atomic E-state index is 10.4. The summed E-state index contributed by atoms with van der Waals surface area (Å²) in [5, 5.41) is 22.6. The smallest absolute Gasteiger partial charge is 0.131 e. The monoisotopic (exact) mass is 261 g/mol. The summed E-state index contributed by atoms with van der Waals surface area (Å²) in [5.74, 6) is 0.698.